The number of carbonyl (C=O) groups is 1. The van der Waals surface area contributed by atoms with Crippen LogP contribution in [0.25, 0.3) is 0 Å². The Kier molecular flexibility index (Phi) is 5.32. The van der Waals surface area contributed by atoms with Gasteiger partial charge in [-0.2, -0.15) is 0 Å². The Bertz CT molecular complexity index is 1020. The van der Waals surface area contributed by atoms with Crippen LogP contribution in [0.3, 0.4) is 0 Å². The Labute approximate surface area is 171 Å². The van der Waals surface area contributed by atoms with Crippen LogP contribution in [-0.2, 0) is 17.9 Å². The Morgan fingerprint density at radius 1 is 1.07 bits per heavy atom. The van der Waals surface area contributed by atoms with Crippen LogP contribution >= 0.6 is 0 Å². The zero-order valence-corrected chi connectivity index (χ0v) is 17.0. The van der Waals surface area contributed by atoms with Gasteiger partial charge in [0.15, 0.2) is 6.17 Å². The number of nitrogens with one attached hydrogen (secondary N) is 2. The van der Waals surface area contributed by atoms with E-state index in [0.717, 1.165) is 22.6 Å². The molecule has 4 rings (SSSR count). The topological polar surface area (TPSA) is 55.7 Å². The van der Waals surface area contributed by atoms with Gasteiger partial charge < -0.3 is 10.1 Å². The minimum Gasteiger partial charge on any atom is -0.380 e. The summed E-state index contributed by atoms with van der Waals surface area (Å²) in [5, 5.41) is 3.21. The molecule has 29 heavy (non-hydrogen) atoms. The summed E-state index contributed by atoms with van der Waals surface area (Å²) in [6.07, 6.45) is -0.260. The molecule has 0 unspecified atom stereocenters. The molecule has 2 N–H and O–H groups in total. The fourth-order valence-electron chi connectivity index (χ4n) is 3.87. The predicted molar refractivity (Wildman–Crippen MR) is 112 cm³/mol. The first-order chi connectivity index (χ1) is 14.1. The Morgan fingerprint density at radius 3 is 2.48 bits per heavy atom. The number of fused-ring (bicyclic) bond motifs is 1. The number of pyridine rings is 1. The molecule has 1 aliphatic rings. The average Bonchev–Trinajstić information content (AvgIpc) is 2.71. The lowest BCUT2D eigenvalue weighted by molar-refractivity contribution is -0.375. The minimum atomic E-state index is -0.260. The molecule has 0 saturated heterocycles. The molecule has 0 bridgehead atoms. The van der Waals surface area contributed by atoms with Crippen LogP contribution < -0.4 is 15.2 Å². The van der Waals surface area contributed by atoms with Crippen molar-refractivity contribution in [1.29, 1.82) is 0 Å². The van der Waals surface area contributed by atoms with Crippen molar-refractivity contribution >= 4 is 11.7 Å². The molecule has 0 radical (unpaired) electrons. The quantitative estimate of drug-likeness (QED) is 0.725. The van der Waals surface area contributed by atoms with Crippen molar-refractivity contribution in [2.45, 2.75) is 33.2 Å². The first-order valence-electron chi connectivity index (χ1n) is 9.79. The maximum atomic E-state index is 13.1. The number of hydrogen-bond acceptors (Lipinski definition) is 3. The summed E-state index contributed by atoms with van der Waals surface area (Å²) in [6, 6.07) is 20.6. The van der Waals surface area contributed by atoms with Gasteiger partial charge in [0.05, 0.1) is 12.3 Å². The summed E-state index contributed by atoms with van der Waals surface area (Å²) in [5.41, 5.74) is 5.94. The van der Waals surface area contributed by atoms with E-state index in [-0.39, 0.29) is 12.1 Å². The summed E-state index contributed by atoms with van der Waals surface area (Å²) in [4.78, 5) is 18.8. The summed E-state index contributed by atoms with van der Waals surface area (Å²) >= 11 is 0. The molecule has 5 nitrogen and oxygen atoms in total. The standard InChI is InChI=1S/C24H25N3O2/c1-16-9-11-19(12-10-16)22-26-24(28)21-20(15-29-3)13-17(2)25-23(21)27(22)14-18-7-5-4-6-8-18/h4-13,22H,14-15H2,1-3H3,(H,26,28)/p+1/t22-/m1/s1. The van der Waals surface area contributed by atoms with Crippen molar-refractivity contribution in [2.24, 2.45) is 0 Å². The second-order valence-corrected chi connectivity index (χ2v) is 7.53. The largest absolute Gasteiger partial charge is 0.380 e. The van der Waals surface area contributed by atoms with Crippen LogP contribution in [0.15, 0.2) is 60.7 Å². The number of aromatic nitrogens is 1. The number of carbonyl (C=O) groups excluding carboxylic acids is 1. The number of anilines is 1. The lowest BCUT2D eigenvalue weighted by atomic mass is 10.0. The first kappa shape index (κ1) is 19.2. The Balaban J connectivity index is 1.85. The number of ether oxygens (including phenoxy) is 1. The molecule has 1 aromatic heterocycles. The molecule has 1 amide bonds. The number of benzene rings is 2. The first-order valence-corrected chi connectivity index (χ1v) is 9.79. The number of aromatic amines is 1. The normalized spacial score (nSPS) is 15.8. The summed E-state index contributed by atoms with van der Waals surface area (Å²) in [7, 11) is 1.65. The third-order valence-electron chi connectivity index (χ3n) is 5.25. The van der Waals surface area contributed by atoms with E-state index >= 15 is 0 Å². The summed E-state index contributed by atoms with van der Waals surface area (Å²) in [6.45, 7) is 5.13. The van der Waals surface area contributed by atoms with E-state index in [1.807, 2.05) is 31.2 Å². The number of rotatable bonds is 5. The molecular weight excluding hydrogens is 362 g/mol. The summed E-state index contributed by atoms with van der Waals surface area (Å²) < 4.78 is 5.36. The predicted octanol–water partition coefficient (Wildman–Crippen LogP) is 3.71. The number of hydrogen-bond donors (Lipinski definition) is 1. The Hall–Kier alpha value is -3.18. The smallest absolute Gasteiger partial charge is 0.290 e. The highest BCUT2D eigenvalue weighted by Gasteiger charge is 2.40. The van der Waals surface area contributed by atoms with E-state index in [1.165, 1.54) is 11.1 Å². The van der Waals surface area contributed by atoms with Crippen molar-refractivity contribution in [3.63, 3.8) is 0 Å². The molecule has 2 heterocycles. The van der Waals surface area contributed by atoms with Crippen molar-refractivity contribution < 1.29 is 14.5 Å². The minimum absolute atomic E-state index is 0.0850. The van der Waals surface area contributed by atoms with Crippen molar-refractivity contribution in [2.75, 3.05) is 12.0 Å². The lowest BCUT2D eigenvalue weighted by Crippen LogP contribution is -2.49. The van der Waals surface area contributed by atoms with Gasteiger partial charge in [-0.3, -0.25) is 4.79 Å². The molecule has 5 heteroatoms. The van der Waals surface area contributed by atoms with Gasteiger partial charge in [0.2, 0.25) is 0 Å². The fraction of sp³-hybridized carbons (Fsp3) is 0.250. The van der Waals surface area contributed by atoms with Crippen molar-refractivity contribution in [3.8, 4) is 0 Å². The maximum Gasteiger partial charge on any atom is 0.290 e. The number of amides is 1. The zero-order valence-electron chi connectivity index (χ0n) is 17.0. The van der Waals surface area contributed by atoms with E-state index < -0.39 is 0 Å². The molecule has 0 aliphatic carbocycles. The van der Waals surface area contributed by atoms with Gasteiger partial charge in [0.25, 0.3) is 11.7 Å². The van der Waals surface area contributed by atoms with E-state index in [9.17, 15) is 4.79 Å². The number of methoxy groups -OCH3 is 1. The number of aryl methyl sites for hydroxylation is 2. The number of nitrogens with zero attached hydrogens (tertiary/aromatic N) is 1. The van der Waals surface area contributed by atoms with Crippen LogP contribution in [0.2, 0.25) is 0 Å². The molecule has 1 aliphatic heterocycles. The van der Waals surface area contributed by atoms with Gasteiger partial charge in [0.1, 0.15) is 12.1 Å². The molecule has 0 fully saturated rings. The van der Waals surface area contributed by atoms with E-state index in [2.05, 4.69) is 58.5 Å². The molecule has 0 saturated carbocycles. The second-order valence-electron chi connectivity index (χ2n) is 7.53. The van der Waals surface area contributed by atoms with Crippen molar-refractivity contribution in [3.05, 3.63) is 94.2 Å². The van der Waals surface area contributed by atoms with Crippen LogP contribution in [0, 0.1) is 13.8 Å². The molecule has 148 valence electrons. The third kappa shape index (κ3) is 3.87. The van der Waals surface area contributed by atoms with Crippen LogP contribution in [0.1, 0.15) is 44.5 Å². The van der Waals surface area contributed by atoms with E-state index in [4.69, 9.17) is 4.74 Å². The molecule has 2 aromatic carbocycles. The summed E-state index contributed by atoms with van der Waals surface area (Å²) in [5.74, 6) is 0.744. The highest BCUT2D eigenvalue weighted by atomic mass is 16.5. The van der Waals surface area contributed by atoms with Gasteiger partial charge in [-0.05, 0) is 25.5 Å². The Morgan fingerprint density at radius 2 is 1.79 bits per heavy atom. The monoisotopic (exact) mass is 388 g/mol. The molecule has 0 spiro atoms. The second kappa shape index (κ2) is 8.05. The molecular formula is C24H26N3O2+. The highest BCUT2D eigenvalue weighted by molar-refractivity contribution is 6.01. The van der Waals surface area contributed by atoms with Crippen LogP contribution in [-0.4, -0.2) is 13.0 Å². The number of H-pyrrole nitrogens is 1. The maximum absolute atomic E-state index is 13.1. The average molecular weight is 388 g/mol. The fourth-order valence-corrected chi connectivity index (χ4v) is 3.87. The van der Waals surface area contributed by atoms with Crippen LogP contribution in [0.5, 0.6) is 0 Å². The SMILES string of the molecule is COCc1cc(C)[nH+]c2c1C(=O)N[C@@H](c1ccc(C)cc1)N2Cc1ccccc1. The van der Waals surface area contributed by atoms with E-state index in [1.54, 1.807) is 7.11 Å². The van der Waals surface area contributed by atoms with Gasteiger partial charge in [-0.25, -0.2) is 9.88 Å². The third-order valence-corrected chi connectivity index (χ3v) is 5.25. The highest BCUT2D eigenvalue weighted by Crippen LogP contribution is 2.33. The van der Waals surface area contributed by atoms with Gasteiger partial charge in [0, 0.05) is 18.2 Å². The van der Waals surface area contributed by atoms with E-state index in [0.29, 0.717) is 18.7 Å². The van der Waals surface area contributed by atoms with Crippen molar-refractivity contribution in [1.82, 2.24) is 5.32 Å². The molecule has 1 atom stereocenters. The van der Waals surface area contributed by atoms with Gasteiger partial charge in [-0.1, -0.05) is 60.2 Å². The molecule has 3 aromatic rings. The zero-order chi connectivity index (χ0) is 20.4. The van der Waals surface area contributed by atoms with Crippen LogP contribution in [0.4, 0.5) is 5.82 Å². The van der Waals surface area contributed by atoms with Gasteiger partial charge in [-0.15, -0.1) is 0 Å². The van der Waals surface area contributed by atoms with Gasteiger partial charge >= 0.3 is 0 Å². The lowest BCUT2D eigenvalue weighted by Gasteiger charge is -2.33.